The van der Waals surface area contributed by atoms with Crippen molar-refractivity contribution in [2.75, 3.05) is 6.54 Å². The zero-order valence-electron chi connectivity index (χ0n) is 12.3. The Kier molecular flexibility index (Phi) is 5.73. The van der Waals surface area contributed by atoms with E-state index in [9.17, 15) is 9.59 Å². The molecule has 1 aromatic rings. The largest absolute Gasteiger partial charge is 0.481 e. The molecule has 0 spiro atoms. The fourth-order valence-corrected chi connectivity index (χ4v) is 2.03. The summed E-state index contributed by atoms with van der Waals surface area (Å²) in [5, 5.41) is 11.8. The van der Waals surface area contributed by atoms with E-state index in [-0.39, 0.29) is 0 Å². The van der Waals surface area contributed by atoms with Crippen molar-refractivity contribution in [1.29, 1.82) is 0 Å². The van der Waals surface area contributed by atoms with E-state index in [1.165, 1.54) is 0 Å². The van der Waals surface area contributed by atoms with Gasteiger partial charge in [-0.2, -0.15) is 0 Å². The predicted molar refractivity (Wildman–Crippen MR) is 75.1 cm³/mol. The number of hydrogen-bond acceptors (Lipinski definition) is 3. The highest BCUT2D eigenvalue weighted by molar-refractivity contribution is 5.97. The molecule has 1 rings (SSSR count). The summed E-state index contributed by atoms with van der Waals surface area (Å²) in [6.45, 7) is 6.60. The summed E-state index contributed by atoms with van der Waals surface area (Å²) >= 11 is 0. The van der Waals surface area contributed by atoms with Gasteiger partial charge in [0.15, 0.2) is 0 Å². The van der Waals surface area contributed by atoms with Crippen LogP contribution in [0.3, 0.4) is 0 Å². The van der Waals surface area contributed by atoms with Crippen LogP contribution in [0, 0.1) is 11.3 Å². The molecule has 1 amide bonds. The first-order valence-corrected chi connectivity index (χ1v) is 6.78. The van der Waals surface area contributed by atoms with Crippen molar-refractivity contribution in [3.63, 3.8) is 0 Å². The first kappa shape index (κ1) is 16.2. The molecule has 0 fully saturated rings. The Labute approximate surface area is 119 Å². The summed E-state index contributed by atoms with van der Waals surface area (Å²) in [5.41, 5.74) is -0.591. The van der Waals surface area contributed by atoms with E-state index in [4.69, 9.17) is 5.11 Å². The molecule has 1 aromatic heterocycles. The number of rotatable bonds is 7. The molecule has 6 nitrogen and oxygen atoms in total. The number of aliphatic carboxylic acids is 1. The quantitative estimate of drug-likeness (QED) is 0.586. The molecule has 1 heterocycles. The monoisotopic (exact) mass is 281 g/mol. The molecule has 0 aromatic carbocycles. The summed E-state index contributed by atoms with van der Waals surface area (Å²) in [7, 11) is 0. The fourth-order valence-electron chi connectivity index (χ4n) is 2.03. The van der Waals surface area contributed by atoms with Crippen LogP contribution < -0.4 is 5.32 Å². The second-order valence-electron chi connectivity index (χ2n) is 5.94. The smallest absolute Gasteiger partial charge is 0.316 e. The second kappa shape index (κ2) is 7.07. The zero-order valence-corrected chi connectivity index (χ0v) is 12.3. The van der Waals surface area contributed by atoms with Crippen LogP contribution in [0.5, 0.6) is 0 Å². The molecule has 0 saturated heterocycles. The highest BCUT2D eigenvalue weighted by atomic mass is 16.4. The molecule has 0 bridgehead atoms. The number of hydrogen-bond donors (Lipinski definition) is 2. The van der Waals surface area contributed by atoms with Gasteiger partial charge in [0.05, 0.1) is 6.33 Å². The van der Waals surface area contributed by atoms with Gasteiger partial charge in [-0.3, -0.25) is 9.59 Å². The van der Waals surface area contributed by atoms with Crippen LogP contribution in [0.1, 0.15) is 33.6 Å². The maximum atomic E-state index is 11.9. The van der Waals surface area contributed by atoms with Crippen LogP contribution in [-0.2, 0) is 16.1 Å². The molecule has 0 aliphatic carbocycles. The number of aryl methyl sites for hydroxylation is 1. The van der Waals surface area contributed by atoms with Crippen LogP contribution in [0.15, 0.2) is 18.7 Å². The molecule has 0 aliphatic rings. The topological polar surface area (TPSA) is 84.2 Å². The van der Waals surface area contributed by atoms with Gasteiger partial charge in [0, 0.05) is 25.5 Å². The molecule has 0 aliphatic heterocycles. The summed E-state index contributed by atoms with van der Waals surface area (Å²) in [4.78, 5) is 27.0. The van der Waals surface area contributed by atoms with E-state index in [1.807, 2.05) is 10.8 Å². The number of nitrogens with zero attached hydrogens (tertiary/aromatic N) is 2. The van der Waals surface area contributed by atoms with Crippen molar-refractivity contribution in [3.8, 4) is 0 Å². The van der Waals surface area contributed by atoms with Gasteiger partial charge in [-0.15, -0.1) is 0 Å². The van der Waals surface area contributed by atoms with Gasteiger partial charge >= 0.3 is 5.97 Å². The number of nitrogens with one attached hydrogen (secondary N) is 1. The van der Waals surface area contributed by atoms with Crippen LogP contribution in [-0.4, -0.2) is 33.1 Å². The highest BCUT2D eigenvalue weighted by Crippen LogP contribution is 2.26. The van der Waals surface area contributed by atoms with Crippen LogP contribution in [0.25, 0.3) is 0 Å². The van der Waals surface area contributed by atoms with Gasteiger partial charge in [0.2, 0.25) is 5.91 Å². The molecule has 6 heteroatoms. The van der Waals surface area contributed by atoms with E-state index >= 15 is 0 Å². The van der Waals surface area contributed by atoms with Crippen molar-refractivity contribution in [1.82, 2.24) is 14.9 Å². The predicted octanol–water partition coefficient (Wildman–Crippen LogP) is 1.53. The number of carbonyl (C=O) groups excluding carboxylic acids is 1. The Morgan fingerprint density at radius 1 is 1.35 bits per heavy atom. The van der Waals surface area contributed by atoms with E-state index in [2.05, 4.69) is 10.3 Å². The second-order valence-corrected chi connectivity index (χ2v) is 5.94. The average molecular weight is 281 g/mol. The molecule has 2 N–H and O–H groups in total. The van der Waals surface area contributed by atoms with Gasteiger partial charge in [-0.25, -0.2) is 4.98 Å². The number of carbonyl (C=O) groups is 2. The number of carboxylic acid groups (broad SMARTS) is 1. The maximum absolute atomic E-state index is 11.9. The van der Waals surface area contributed by atoms with Crippen molar-refractivity contribution in [2.45, 2.75) is 40.2 Å². The van der Waals surface area contributed by atoms with Crippen LogP contribution in [0.4, 0.5) is 0 Å². The lowest BCUT2D eigenvalue weighted by atomic mass is 9.80. The number of unbranched alkanes of at least 4 members (excludes halogenated alkanes) is 1. The maximum Gasteiger partial charge on any atom is 0.316 e. The fraction of sp³-hybridized carbons (Fsp3) is 0.643. The number of amides is 1. The van der Waals surface area contributed by atoms with Gasteiger partial charge in [-0.05, 0) is 18.3 Å². The van der Waals surface area contributed by atoms with Gasteiger partial charge < -0.3 is 15.0 Å². The molecular formula is C14H23N3O3. The van der Waals surface area contributed by atoms with Crippen molar-refractivity contribution < 1.29 is 14.7 Å². The van der Waals surface area contributed by atoms with Gasteiger partial charge in [0.1, 0.15) is 5.92 Å². The van der Waals surface area contributed by atoms with E-state index in [0.29, 0.717) is 6.54 Å². The minimum Gasteiger partial charge on any atom is -0.481 e. The normalized spacial score (nSPS) is 12.9. The van der Waals surface area contributed by atoms with Gasteiger partial charge in [-0.1, -0.05) is 20.8 Å². The lowest BCUT2D eigenvalue weighted by Crippen LogP contribution is -2.43. The van der Waals surface area contributed by atoms with E-state index < -0.39 is 23.2 Å². The third kappa shape index (κ3) is 5.03. The van der Waals surface area contributed by atoms with Gasteiger partial charge in [0.25, 0.3) is 0 Å². The van der Waals surface area contributed by atoms with Crippen LogP contribution in [0.2, 0.25) is 0 Å². The summed E-state index contributed by atoms with van der Waals surface area (Å²) in [5.74, 6) is -2.50. The highest BCUT2D eigenvalue weighted by Gasteiger charge is 2.37. The third-order valence-electron chi connectivity index (χ3n) is 3.08. The Morgan fingerprint density at radius 3 is 2.55 bits per heavy atom. The summed E-state index contributed by atoms with van der Waals surface area (Å²) < 4.78 is 1.97. The molecule has 1 atom stereocenters. The number of aromatic nitrogens is 2. The van der Waals surface area contributed by atoms with Crippen LogP contribution >= 0.6 is 0 Å². The standard InChI is InChI=1S/C14H23N3O3/c1-14(2,3)11(13(19)20)12(18)16-6-4-5-8-17-9-7-15-10-17/h7,9-11H,4-6,8H2,1-3H3,(H,16,18)(H,19,20). The Morgan fingerprint density at radius 2 is 2.05 bits per heavy atom. The van der Waals surface area contributed by atoms with Crippen molar-refractivity contribution in [2.24, 2.45) is 11.3 Å². The molecule has 20 heavy (non-hydrogen) atoms. The number of imidazole rings is 1. The van der Waals surface area contributed by atoms with E-state index in [0.717, 1.165) is 19.4 Å². The van der Waals surface area contributed by atoms with Crippen molar-refractivity contribution in [3.05, 3.63) is 18.7 Å². The Bertz CT molecular complexity index is 435. The SMILES string of the molecule is CC(C)(C)C(C(=O)O)C(=O)NCCCCn1ccnc1. The lowest BCUT2D eigenvalue weighted by molar-refractivity contribution is -0.151. The molecule has 1 unspecified atom stereocenters. The summed E-state index contributed by atoms with van der Waals surface area (Å²) in [6.07, 6.45) is 7.07. The third-order valence-corrected chi connectivity index (χ3v) is 3.08. The number of carboxylic acids is 1. The average Bonchev–Trinajstić information content (AvgIpc) is 2.78. The first-order valence-electron chi connectivity index (χ1n) is 6.78. The Balaban J connectivity index is 2.29. The zero-order chi connectivity index (χ0) is 15.2. The molecular weight excluding hydrogens is 258 g/mol. The lowest BCUT2D eigenvalue weighted by Gasteiger charge is -2.25. The Hall–Kier alpha value is -1.85. The first-order chi connectivity index (χ1) is 9.32. The minimum atomic E-state index is -1.08. The minimum absolute atomic E-state index is 0.410. The van der Waals surface area contributed by atoms with E-state index in [1.54, 1.807) is 33.3 Å². The molecule has 112 valence electrons. The summed E-state index contributed by atoms with van der Waals surface area (Å²) in [6, 6.07) is 0. The molecule has 0 saturated carbocycles. The van der Waals surface area contributed by atoms with Crippen molar-refractivity contribution >= 4 is 11.9 Å². The molecule has 0 radical (unpaired) electrons.